The number of amides is 1. The van der Waals surface area contributed by atoms with Gasteiger partial charge in [0.2, 0.25) is 11.9 Å². The summed E-state index contributed by atoms with van der Waals surface area (Å²) in [5.74, 6) is -1.12. The molecule has 0 spiro atoms. The molecule has 0 aliphatic rings. The van der Waals surface area contributed by atoms with Crippen LogP contribution in [0.25, 0.3) is 6.08 Å². The molecular weight excluding hydrogens is 185 g/mol. The highest BCUT2D eigenvalue weighted by Crippen LogP contribution is 2.10. The van der Waals surface area contributed by atoms with Gasteiger partial charge in [-0.15, -0.1) is 0 Å². The first-order valence-corrected chi connectivity index (χ1v) is 3.95. The van der Waals surface area contributed by atoms with Crippen LogP contribution in [0.5, 0.6) is 0 Å². The molecule has 5 heteroatoms. The number of nitrogen functional groups attached to an aromatic ring is 1. The average Bonchev–Trinajstić information content (AvgIpc) is 2.10. The van der Waals surface area contributed by atoms with Crippen molar-refractivity contribution in [2.45, 2.75) is 6.42 Å². The number of carbonyl (C=O) groups excluding carboxylic acids is 1. The Balaban J connectivity index is 2.73. The normalized spacial score (nSPS) is 10.6. The number of carbonyl (C=O) groups is 1. The third kappa shape index (κ3) is 2.85. The second-order valence-corrected chi connectivity index (χ2v) is 2.72. The van der Waals surface area contributed by atoms with Crippen molar-refractivity contribution in [2.24, 2.45) is 5.73 Å². The third-order valence-electron chi connectivity index (χ3n) is 1.52. The van der Waals surface area contributed by atoms with Gasteiger partial charge in [0.05, 0.1) is 5.69 Å². The molecular formula is C9H10FN3O. The average molecular weight is 195 g/mol. The van der Waals surface area contributed by atoms with E-state index in [1.807, 2.05) is 0 Å². The Morgan fingerprint density at radius 3 is 2.93 bits per heavy atom. The largest absolute Gasteiger partial charge is 0.395 e. The van der Waals surface area contributed by atoms with Gasteiger partial charge in [0.15, 0.2) is 0 Å². The molecule has 0 atom stereocenters. The van der Waals surface area contributed by atoms with E-state index in [2.05, 4.69) is 4.98 Å². The van der Waals surface area contributed by atoms with E-state index in [1.54, 1.807) is 12.2 Å². The van der Waals surface area contributed by atoms with Crippen LogP contribution in [0, 0.1) is 5.95 Å². The number of pyridine rings is 1. The highest BCUT2D eigenvalue weighted by molar-refractivity contribution is 5.76. The Morgan fingerprint density at radius 2 is 2.36 bits per heavy atom. The van der Waals surface area contributed by atoms with Crippen LogP contribution in [0.2, 0.25) is 0 Å². The molecule has 1 amide bonds. The van der Waals surface area contributed by atoms with Crippen LogP contribution >= 0.6 is 0 Å². The molecule has 0 aromatic carbocycles. The molecule has 0 saturated heterocycles. The predicted octanol–water partition coefficient (Wildman–Crippen LogP) is 0.692. The van der Waals surface area contributed by atoms with Crippen molar-refractivity contribution in [1.82, 2.24) is 4.98 Å². The zero-order chi connectivity index (χ0) is 10.6. The summed E-state index contributed by atoms with van der Waals surface area (Å²) in [5.41, 5.74) is 10.8. The van der Waals surface area contributed by atoms with Gasteiger partial charge in [0.1, 0.15) is 0 Å². The predicted molar refractivity (Wildman–Crippen MR) is 51.5 cm³/mol. The summed E-state index contributed by atoms with van der Waals surface area (Å²) >= 11 is 0. The maximum atomic E-state index is 12.6. The van der Waals surface area contributed by atoms with Gasteiger partial charge in [0.25, 0.3) is 0 Å². The maximum Gasteiger partial charge on any atom is 0.236 e. The van der Waals surface area contributed by atoms with Crippen molar-refractivity contribution >= 4 is 17.7 Å². The second kappa shape index (κ2) is 4.36. The smallest absolute Gasteiger partial charge is 0.236 e. The number of hydrogen-bond acceptors (Lipinski definition) is 3. The number of anilines is 1. The maximum absolute atomic E-state index is 12.6. The van der Waals surface area contributed by atoms with Crippen molar-refractivity contribution < 1.29 is 9.18 Å². The van der Waals surface area contributed by atoms with E-state index in [0.29, 0.717) is 5.56 Å². The molecule has 4 nitrogen and oxygen atoms in total. The number of nitrogens with two attached hydrogens (primary N) is 2. The van der Waals surface area contributed by atoms with Crippen molar-refractivity contribution in [3.8, 4) is 0 Å². The van der Waals surface area contributed by atoms with E-state index >= 15 is 0 Å². The van der Waals surface area contributed by atoms with E-state index in [9.17, 15) is 9.18 Å². The van der Waals surface area contributed by atoms with Gasteiger partial charge in [-0.1, -0.05) is 12.2 Å². The Labute approximate surface area is 80.4 Å². The molecule has 0 radical (unpaired) electrons. The molecule has 1 aromatic rings. The van der Waals surface area contributed by atoms with Gasteiger partial charge in [-0.2, -0.15) is 4.39 Å². The lowest BCUT2D eigenvalue weighted by Gasteiger charge is -1.96. The Morgan fingerprint density at radius 1 is 1.64 bits per heavy atom. The molecule has 74 valence electrons. The van der Waals surface area contributed by atoms with E-state index in [4.69, 9.17) is 11.5 Å². The first-order valence-electron chi connectivity index (χ1n) is 3.95. The zero-order valence-corrected chi connectivity index (χ0v) is 7.40. The van der Waals surface area contributed by atoms with E-state index in [1.165, 1.54) is 12.3 Å². The fourth-order valence-corrected chi connectivity index (χ4v) is 0.884. The van der Waals surface area contributed by atoms with Gasteiger partial charge in [0, 0.05) is 12.6 Å². The Bertz CT molecular complexity index is 376. The van der Waals surface area contributed by atoms with Gasteiger partial charge < -0.3 is 11.5 Å². The van der Waals surface area contributed by atoms with Crippen LogP contribution in [0.1, 0.15) is 12.0 Å². The topological polar surface area (TPSA) is 82.0 Å². The van der Waals surface area contributed by atoms with Crippen LogP contribution < -0.4 is 11.5 Å². The Hall–Kier alpha value is -1.91. The fraction of sp³-hybridized carbons (Fsp3) is 0.111. The quantitative estimate of drug-likeness (QED) is 0.696. The minimum atomic E-state index is -0.697. The standard InChI is InChI=1S/C9H10FN3O/c10-9-7(11)4-6(5-13-9)2-1-3-8(12)14/h1-2,4-5H,3,11H2,(H2,12,14). The summed E-state index contributed by atoms with van der Waals surface area (Å²) in [6.45, 7) is 0. The lowest BCUT2D eigenvalue weighted by molar-refractivity contribution is -0.117. The number of hydrogen-bond donors (Lipinski definition) is 2. The second-order valence-electron chi connectivity index (χ2n) is 2.72. The lowest BCUT2D eigenvalue weighted by atomic mass is 10.2. The van der Waals surface area contributed by atoms with Crippen molar-refractivity contribution in [3.05, 3.63) is 29.9 Å². The van der Waals surface area contributed by atoms with Gasteiger partial charge in [-0.3, -0.25) is 4.79 Å². The molecule has 4 N–H and O–H groups in total. The van der Waals surface area contributed by atoms with Crippen LogP contribution in [0.4, 0.5) is 10.1 Å². The minimum absolute atomic E-state index is 0.0220. The zero-order valence-electron chi connectivity index (χ0n) is 7.40. The van der Waals surface area contributed by atoms with E-state index < -0.39 is 11.9 Å². The summed E-state index contributed by atoms with van der Waals surface area (Å²) in [7, 11) is 0. The number of aromatic nitrogens is 1. The summed E-state index contributed by atoms with van der Waals surface area (Å²) in [6, 6.07) is 1.43. The minimum Gasteiger partial charge on any atom is -0.395 e. The molecule has 1 heterocycles. The number of primary amides is 1. The first kappa shape index (κ1) is 10.2. The third-order valence-corrected chi connectivity index (χ3v) is 1.52. The Kier molecular flexibility index (Phi) is 3.17. The van der Waals surface area contributed by atoms with Crippen molar-refractivity contribution in [2.75, 3.05) is 5.73 Å². The monoisotopic (exact) mass is 195 g/mol. The van der Waals surface area contributed by atoms with Gasteiger partial charge in [-0.05, 0) is 11.6 Å². The summed E-state index contributed by atoms with van der Waals surface area (Å²) in [6.07, 6.45) is 4.63. The lowest BCUT2D eigenvalue weighted by Crippen LogP contribution is -2.07. The molecule has 0 aliphatic heterocycles. The number of halogens is 1. The van der Waals surface area contributed by atoms with Crippen molar-refractivity contribution in [3.63, 3.8) is 0 Å². The fourth-order valence-electron chi connectivity index (χ4n) is 0.884. The molecule has 0 aliphatic carbocycles. The van der Waals surface area contributed by atoms with Gasteiger partial charge in [-0.25, -0.2) is 4.98 Å². The summed E-state index contributed by atoms with van der Waals surface area (Å²) in [4.78, 5) is 13.8. The van der Waals surface area contributed by atoms with E-state index in [0.717, 1.165) is 0 Å². The molecule has 0 bridgehead atoms. The molecule has 0 saturated carbocycles. The van der Waals surface area contributed by atoms with Gasteiger partial charge >= 0.3 is 0 Å². The summed E-state index contributed by atoms with van der Waals surface area (Å²) < 4.78 is 12.6. The molecule has 1 rings (SSSR count). The highest BCUT2D eigenvalue weighted by atomic mass is 19.1. The first-order chi connectivity index (χ1) is 6.59. The summed E-state index contributed by atoms with van der Waals surface area (Å²) in [5, 5.41) is 0. The highest BCUT2D eigenvalue weighted by Gasteiger charge is 1.98. The van der Waals surface area contributed by atoms with Crippen LogP contribution in [-0.4, -0.2) is 10.9 Å². The van der Waals surface area contributed by atoms with Crippen LogP contribution in [0.15, 0.2) is 18.3 Å². The molecule has 1 aromatic heterocycles. The molecule has 0 fully saturated rings. The van der Waals surface area contributed by atoms with Crippen LogP contribution in [-0.2, 0) is 4.79 Å². The van der Waals surface area contributed by atoms with E-state index in [-0.39, 0.29) is 12.1 Å². The molecule has 0 unspecified atom stereocenters. The SMILES string of the molecule is NC(=O)CC=Cc1cnc(F)c(N)c1. The number of rotatable bonds is 3. The van der Waals surface area contributed by atoms with Crippen LogP contribution in [0.3, 0.4) is 0 Å². The van der Waals surface area contributed by atoms with Crippen molar-refractivity contribution in [1.29, 1.82) is 0 Å². The molecule has 14 heavy (non-hydrogen) atoms. The number of nitrogens with zero attached hydrogens (tertiary/aromatic N) is 1.